The Hall–Kier alpha value is -3.35. The number of hydrogen-bond acceptors (Lipinski definition) is 4. The Bertz CT molecular complexity index is 1090. The molecule has 2 aromatic carbocycles. The number of rotatable bonds is 5. The van der Waals surface area contributed by atoms with Crippen LogP contribution in [0.25, 0.3) is 11.1 Å². The van der Waals surface area contributed by atoms with Gasteiger partial charge in [0.1, 0.15) is 6.61 Å². The third-order valence-electron chi connectivity index (χ3n) is 7.78. The zero-order chi connectivity index (χ0) is 23.9. The number of fused-ring (bicyclic) bond motifs is 3. The van der Waals surface area contributed by atoms with Crippen molar-refractivity contribution < 1.29 is 24.2 Å². The molecule has 3 atom stereocenters. The highest BCUT2D eigenvalue weighted by atomic mass is 16.5. The maximum atomic E-state index is 13.1. The Morgan fingerprint density at radius 2 is 1.71 bits per heavy atom. The van der Waals surface area contributed by atoms with Gasteiger partial charge in [-0.2, -0.15) is 0 Å². The summed E-state index contributed by atoms with van der Waals surface area (Å²) in [6.45, 7) is 2.57. The fourth-order valence-corrected chi connectivity index (χ4v) is 5.78. The SMILES string of the molecule is CC1(C(=O)O)CCN(C(=O)[C@H]2CCC[C@H]2NC(=O)OCC2c3ccccc3-c3ccccc32)C1. The van der Waals surface area contributed by atoms with Crippen molar-refractivity contribution in [1.29, 1.82) is 0 Å². The minimum Gasteiger partial charge on any atom is -0.481 e. The predicted molar refractivity (Wildman–Crippen MR) is 126 cm³/mol. The zero-order valence-electron chi connectivity index (χ0n) is 19.3. The first-order valence-electron chi connectivity index (χ1n) is 12.0. The van der Waals surface area contributed by atoms with E-state index in [2.05, 4.69) is 29.6 Å². The van der Waals surface area contributed by atoms with E-state index in [0.29, 0.717) is 25.8 Å². The summed E-state index contributed by atoms with van der Waals surface area (Å²) in [5.41, 5.74) is 3.76. The molecule has 2 aliphatic carbocycles. The highest BCUT2D eigenvalue weighted by Crippen LogP contribution is 2.44. The molecule has 7 heteroatoms. The van der Waals surface area contributed by atoms with E-state index < -0.39 is 17.5 Å². The number of benzene rings is 2. The van der Waals surface area contributed by atoms with Crippen LogP contribution in [0.3, 0.4) is 0 Å². The van der Waals surface area contributed by atoms with Gasteiger partial charge in [0.25, 0.3) is 0 Å². The minimum atomic E-state index is -0.899. The van der Waals surface area contributed by atoms with Crippen molar-refractivity contribution in [2.75, 3.05) is 19.7 Å². The number of carbonyl (C=O) groups excluding carboxylic acids is 2. The van der Waals surface area contributed by atoms with Crippen molar-refractivity contribution in [3.05, 3.63) is 59.7 Å². The van der Waals surface area contributed by atoms with Gasteiger partial charge in [-0.1, -0.05) is 55.0 Å². The topological polar surface area (TPSA) is 95.9 Å². The average Bonchev–Trinajstić information content (AvgIpc) is 3.54. The number of nitrogens with zero attached hydrogens (tertiary/aromatic N) is 1. The zero-order valence-corrected chi connectivity index (χ0v) is 19.3. The fourth-order valence-electron chi connectivity index (χ4n) is 5.78. The van der Waals surface area contributed by atoms with E-state index in [9.17, 15) is 19.5 Å². The molecule has 2 fully saturated rings. The Kier molecular flexibility index (Phi) is 5.80. The molecule has 7 nitrogen and oxygen atoms in total. The van der Waals surface area contributed by atoms with Crippen molar-refractivity contribution >= 4 is 18.0 Å². The van der Waals surface area contributed by atoms with Crippen molar-refractivity contribution in [1.82, 2.24) is 10.2 Å². The van der Waals surface area contributed by atoms with Crippen molar-refractivity contribution in [2.45, 2.75) is 44.6 Å². The summed E-state index contributed by atoms with van der Waals surface area (Å²) in [6.07, 6.45) is 2.18. The maximum Gasteiger partial charge on any atom is 0.407 e. The molecule has 0 radical (unpaired) electrons. The molecule has 5 rings (SSSR count). The summed E-state index contributed by atoms with van der Waals surface area (Å²) >= 11 is 0. The number of likely N-dealkylation sites (tertiary alicyclic amines) is 1. The quantitative estimate of drug-likeness (QED) is 0.700. The predicted octanol–water partition coefficient (Wildman–Crippen LogP) is 4.02. The second kappa shape index (κ2) is 8.78. The monoisotopic (exact) mass is 462 g/mol. The van der Waals surface area contributed by atoms with Gasteiger partial charge < -0.3 is 20.1 Å². The molecule has 1 saturated carbocycles. The van der Waals surface area contributed by atoms with Crippen molar-refractivity contribution in [3.63, 3.8) is 0 Å². The minimum absolute atomic E-state index is 0.0162. The van der Waals surface area contributed by atoms with Gasteiger partial charge in [-0.3, -0.25) is 9.59 Å². The van der Waals surface area contributed by atoms with Crippen LogP contribution in [0, 0.1) is 11.3 Å². The highest BCUT2D eigenvalue weighted by Gasteiger charge is 2.45. The molecule has 2 amide bonds. The van der Waals surface area contributed by atoms with Gasteiger partial charge in [0.05, 0.1) is 11.3 Å². The molecule has 0 aromatic heterocycles. The Labute approximate surface area is 199 Å². The molecule has 178 valence electrons. The highest BCUT2D eigenvalue weighted by molar-refractivity contribution is 5.83. The molecule has 3 aliphatic rings. The first kappa shape index (κ1) is 22.4. The molecular weight excluding hydrogens is 432 g/mol. The molecule has 1 aliphatic heterocycles. The number of hydrogen-bond donors (Lipinski definition) is 2. The van der Waals surface area contributed by atoms with Crippen LogP contribution < -0.4 is 5.32 Å². The van der Waals surface area contributed by atoms with Crippen LogP contribution in [0.1, 0.15) is 49.7 Å². The summed E-state index contributed by atoms with van der Waals surface area (Å²) in [6, 6.07) is 16.1. The maximum absolute atomic E-state index is 13.1. The molecule has 1 saturated heterocycles. The number of aliphatic carboxylic acids is 1. The second-order valence-electron chi connectivity index (χ2n) is 9.99. The first-order valence-corrected chi connectivity index (χ1v) is 12.0. The molecule has 0 bridgehead atoms. The van der Waals surface area contributed by atoms with Gasteiger partial charge in [-0.15, -0.1) is 0 Å². The van der Waals surface area contributed by atoms with Crippen molar-refractivity contribution in [3.8, 4) is 11.1 Å². The average molecular weight is 463 g/mol. The lowest BCUT2D eigenvalue weighted by molar-refractivity contribution is -0.147. The summed E-state index contributed by atoms with van der Waals surface area (Å²) in [5.74, 6) is -1.29. The first-order chi connectivity index (χ1) is 16.4. The molecule has 34 heavy (non-hydrogen) atoms. The lowest BCUT2D eigenvalue weighted by atomic mass is 9.90. The van der Waals surface area contributed by atoms with Gasteiger partial charge in [0, 0.05) is 25.0 Å². The second-order valence-corrected chi connectivity index (χ2v) is 9.99. The molecule has 1 unspecified atom stereocenters. The van der Waals surface area contributed by atoms with Gasteiger partial charge in [-0.25, -0.2) is 4.79 Å². The van der Waals surface area contributed by atoms with Gasteiger partial charge in [0.2, 0.25) is 5.91 Å². The number of carbonyl (C=O) groups is 3. The van der Waals surface area contributed by atoms with E-state index in [-0.39, 0.29) is 36.9 Å². The van der Waals surface area contributed by atoms with E-state index in [1.54, 1.807) is 11.8 Å². The van der Waals surface area contributed by atoms with E-state index in [4.69, 9.17) is 4.74 Å². The van der Waals surface area contributed by atoms with Crippen LogP contribution in [-0.4, -0.2) is 53.7 Å². The van der Waals surface area contributed by atoms with Crippen LogP contribution in [0.4, 0.5) is 4.79 Å². The molecule has 1 heterocycles. The smallest absolute Gasteiger partial charge is 0.407 e. The number of carboxylic acid groups (broad SMARTS) is 1. The lowest BCUT2D eigenvalue weighted by Crippen LogP contribution is -2.46. The van der Waals surface area contributed by atoms with Crippen molar-refractivity contribution in [2.24, 2.45) is 11.3 Å². The summed E-state index contributed by atoms with van der Waals surface area (Å²) < 4.78 is 5.67. The Morgan fingerprint density at radius 3 is 2.32 bits per heavy atom. The summed E-state index contributed by atoms with van der Waals surface area (Å²) in [4.78, 5) is 39.1. The van der Waals surface area contributed by atoms with E-state index in [1.165, 1.54) is 11.1 Å². The number of nitrogens with one attached hydrogen (secondary N) is 1. The standard InChI is InChI=1S/C27H30N2O5/c1-27(25(31)32)13-14-29(16-27)24(30)21-11-6-12-23(21)28-26(33)34-15-22-19-9-4-2-7-17(19)18-8-3-5-10-20(18)22/h2-5,7-10,21-23H,6,11-16H2,1H3,(H,28,33)(H,31,32)/t21-,23+,27?/m0/s1. The van der Waals surface area contributed by atoms with Gasteiger partial charge >= 0.3 is 12.1 Å². The van der Waals surface area contributed by atoms with Crippen LogP contribution >= 0.6 is 0 Å². The Balaban J connectivity index is 1.21. The van der Waals surface area contributed by atoms with E-state index in [1.807, 2.05) is 24.3 Å². The van der Waals surface area contributed by atoms with E-state index in [0.717, 1.165) is 17.5 Å². The van der Waals surface area contributed by atoms with Crippen LogP contribution in [0.2, 0.25) is 0 Å². The third kappa shape index (κ3) is 3.93. The molecule has 0 spiro atoms. The molecular formula is C27H30N2O5. The fraction of sp³-hybridized carbons (Fsp3) is 0.444. The number of amides is 2. The number of alkyl carbamates (subject to hydrolysis) is 1. The largest absolute Gasteiger partial charge is 0.481 e. The Morgan fingerprint density at radius 1 is 1.06 bits per heavy atom. The summed E-state index contributed by atoms with van der Waals surface area (Å²) in [7, 11) is 0. The number of carboxylic acids is 1. The van der Waals surface area contributed by atoms with Crippen LogP contribution in [0.15, 0.2) is 48.5 Å². The molecule has 2 aromatic rings. The van der Waals surface area contributed by atoms with Gasteiger partial charge in [0.15, 0.2) is 0 Å². The van der Waals surface area contributed by atoms with Crippen LogP contribution in [0.5, 0.6) is 0 Å². The van der Waals surface area contributed by atoms with Crippen LogP contribution in [-0.2, 0) is 14.3 Å². The van der Waals surface area contributed by atoms with E-state index >= 15 is 0 Å². The summed E-state index contributed by atoms with van der Waals surface area (Å²) in [5, 5.41) is 12.4. The lowest BCUT2D eigenvalue weighted by Gasteiger charge is -2.26. The molecule has 2 N–H and O–H groups in total. The number of ether oxygens (including phenoxy) is 1. The normalized spacial score (nSPS) is 25.6. The van der Waals surface area contributed by atoms with Gasteiger partial charge in [-0.05, 0) is 48.4 Å². The third-order valence-corrected chi connectivity index (χ3v) is 7.78.